The summed E-state index contributed by atoms with van der Waals surface area (Å²) in [4.78, 5) is 21.8. The first kappa shape index (κ1) is 20.9. The highest BCUT2D eigenvalue weighted by atomic mass is 32.2. The number of nitrogens with zero attached hydrogens (tertiary/aromatic N) is 2. The Morgan fingerprint density at radius 1 is 1.03 bits per heavy atom. The topological polar surface area (TPSA) is 166 Å². The molecule has 0 saturated carbocycles. The molecular formula is C19H15N3O7S. The molecule has 0 heterocycles. The number of phenolic OH excluding ortho intramolecular Hbond substituents is 1. The van der Waals surface area contributed by atoms with Crippen molar-refractivity contribution in [3.05, 3.63) is 54.1 Å². The average Bonchev–Trinajstić information content (AvgIpc) is 2.66. The van der Waals surface area contributed by atoms with Gasteiger partial charge in [0.1, 0.15) is 16.3 Å². The number of hydrogen-bond donors (Lipinski definition) is 4. The van der Waals surface area contributed by atoms with Crippen LogP contribution in [0.15, 0.2) is 63.7 Å². The zero-order valence-corrected chi connectivity index (χ0v) is 16.2. The van der Waals surface area contributed by atoms with Gasteiger partial charge < -0.3 is 15.5 Å². The Morgan fingerprint density at radius 3 is 2.37 bits per heavy atom. The van der Waals surface area contributed by atoms with Gasteiger partial charge in [0.25, 0.3) is 10.1 Å². The Labute approximate surface area is 170 Å². The van der Waals surface area contributed by atoms with Crippen molar-refractivity contribution in [1.29, 1.82) is 0 Å². The van der Waals surface area contributed by atoms with E-state index in [1.165, 1.54) is 49.4 Å². The number of aromatic carboxylic acids is 1. The van der Waals surface area contributed by atoms with Gasteiger partial charge in [0.05, 0.1) is 5.56 Å². The van der Waals surface area contributed by atoms with Crippen LogP contribution in [0.4, 0.5) is 17.1 Å². The van der Waals surface area contributed by atoms with Crippen LogP contribution in [-0.2, 0) is 14.9 Å². The minimum atomic E-state index is -4.83. The number of rotatable bonds is 5. The van der Waals surface area contributed by atoms with Crippen LogP contribution in [0.1, 0.15) is 17.3 Å². The van der Waals surface area contributed by atoms with Gasteiger partial charge >= 0.3 is 5.97 Å². The van der Waals surface area contributed by atoms with E-state index >= 15 is 0 Å². The van der Waals surface area contributed by atoms with Crippen molar-refractivity contribution in [2.75, 3.05) is 5.32 Å². The van der Waals surface area contributed by atoms with E-state index in [0.29, 0.717) is 5.69 Å². The summed E-state index contributed by atoms with van der Waals surface area (Å²) in [5.74, 6) is -2.21. The van der Waals surface area contributed by atoms with Gasteiger partial charge in [-0.05, 0) is 41.8 Å². The fraction of sp³-hybridized carbons (Fsp3) is 0.0526. The molecule has 11 heteroatoms. The molecule has 0 aliphatic carbocycles. The highest BCUT2D eigenvalue weighted by Crippen LogP contribution is 2.42. The molecule has 4 N–H and O–H groups in total. The molecule has 0 radical (unpaired) electrons. The summed E-state index contributed by atoms with van der Waals surface area (Å²) in [6.45, 7) is 1.30. The summed E-state index contributed by atoms with van der Waals surface area (Å²) in [5, 5.41) is 30.2. The zero-order chi connectivity index (χ0) is 22.1. The number of fused-ring (bicyclic) bond motifs is 1. The number of hydrogen-bond acceptors (Lipinski definition) is 7. The van der Waals surface area contributed by atoms with E-state index < -0.39 is 32.4 Å². The number of benzene rings is 3. The molecule has 3 rings (SSSR count). The van der Waals surface area contributed by atoms with E-state index in [4.69, 9.17) is 0 Å². The monoisotopic (exact) mass is 429 g/mol. The van der Waals surface area contributed by atoms with E-state index in [2.05, 4.69) is 15.5 Å². The van der Waals surface area contributed by atoms with Crippen molar-refractivity contribution in [2.24, 2.45) is 10.2 Å². The van der Waals surface area contributed by atoms with E-state index in [1.807, 2.05) is 0 Å². The summed E-state index contributed by atoms with van der Waals surface area (Å²) >= 11 is 0. The van der Waals surface area contributed by atoms with Gasteiger partial charge in [-0.3, -0.25) is 9.35 Å². The number of carbonyl (C=O) groups excluding carboxylic acids is 1. The molecule has 0 aliphatic rings. The second-order valence-electron chi connectivity index (χ2n) is 6.19. The molecule has 0 saturated heterocycles. The second-order valence-corrected chi connectivity index (χ2v) is 7.58. The van der Waals surface area contributed by atoms with Crippen LogP contribution < -0.4 is 5.32 Å². The summed E-state index contributed by atoms with van der Waals surface area (Å²) in [5.41, 5.74) is -0.473. The molecule has 0 aromatic heterocycles. The molecule has 154 valence electrons. The maximum atomic E-state index is 11.9. The Morgan fingerprint density at radius 2 is 1.73 bits per heavy atom. The molecule has 1 amide bonds. The lowest BCUT2D eigenvalue weighted by molar-refractivity contribution is -0.114. The minimum absolute atomic E-state index is 0.0770. The fourth-order valence-electron chi connectivity index (χ4n) is 2.77. The normalized spacial score (nSPS) is 11.7. The first-order valence-corrected chi connectivity index (χ1v) is 9.81. The van der Waals surface area contributed by atoms with Crippen LogP contribution >= 0.6 is 0 Å². The number of carboxylic acid groups (broad SMARTS) is 1. The third kappa shape index (κ3) is 4.26. The first-order chi connectivity index (χ1) is 14.1. The Balaban J connectivity index is 2.22. The highest BCUT2D eigenvalue weighted by Gasteiger charge is 2.22. The summed E-state index contributed by atoms with van der Waals surface area (Å²) in [6, 6.07) is 11.0. The van der Waals surface area contributed by atoms with Crippen LogP contribution in [0.2, 0.25) is 0 Å². The Kier molecular flexibility index (Phi) is 5.49. The minimum Gasteiger partial charge on any atom is -0.505 e. The largest absolute Gasteiger partial charge is 0.505 e. The molecule has 0 atom stereocenters. The molecule has 0 fully saturated rings. The maximum absolute atomic E-state index is 11.9. The number of nitrogens with one attached hydrogen (secondary N) is 1. The van der Waals surface area contributed by atoms with Crippen molar-refractivity contribution >= 4 is 49.8 Å². The molecule has 3 aromatic rings. The number of phenols is 1. The molecule has 30 heavy (non-hydrogen) atoms. The van der Waals surface area contributed by atoms with Crippen molar-refractivity contribution in [3.8, 4) is 5.75 Å². The number of carboxylic acids is 1. The molecular weight excluding hydrogens is 414 g/mol. The second kappa shape index (κ2) is 7.89. The summed E-state index contributed by atoms with van der Waals surface area (Å²) < 4.78 is 33.4. The van der Waals surface area contributed by atoms with Crippen LogP contribution in [0.5, 0.6) is 5.75 Å². The van der Waals surface area contributed by atoms with Crippen molar-refractivity contribution < 1.29 is 32.8 Å². The van der Waals surface area contributed by atoms with Gasteiger partial charge in [-0.2, -0.15) is 8.42 Å². The van der Waals surface area contributed by atoms with Crippen LogP contribution in [0.3, 0.4) is 0 Å². The number of aromatic hydroxyl groups is 1. The lowest BCUT2D eigenvalue weighted by atomic mass is 10.1. The van der Waals surface area contributed by atoms with E-state index in [-0.39, 0.29) is 27.9 Å². The van der Waals surface area contributed by atoms with Crippen LogP contribution in [0, 0.1) is 0 Å². The SMILES string of the molecule is CC(=O)Nc1ccc2c(O)c(N=Nc3ccccc3C(=O)O)c(S(=O)(=O)O)cc2c1. The number of azo groups is 1. The average molecular weight is 429 g/mol. The third-order valence-electron chi connectivity index (χ3n) is 4.04. The van der Waals surface area contributed by atoms with Gasteiger partial charge in [0, 0.05) is 18.0 Å². The van der Waals surface area contributed by atoms with Gasteiger partial charge in [0.15, 0.2) is 5.75 Å². The number of carbonyl (C=O) groups is 2. The molecule has 3 aromatic carbocycles. The quantitative estimate of drug-likeness (QED) is 0.353. The molecule has 0 spiro atoms. The fourth-order valence-corrected chi connectivity index (χ4v) is 3.43. The van der Waals surface area contributed by atoms with Crippen molar-refractivity contribution in [1.82, 2.24) is 0 Å². The predicted octanol–water partition coefficient (Wildman–Crippen LogP) is 3.86. The van der Waals surface area contributed by atoms with Crippen molar-refractivity contribution in [3.63, 3.8) is 0 Å². The van der Waals surface area contributed by atoms with E-state index in [1.54, 1.807) is 0 Å². The Hall–Kier alpha value is -3.83. The maximum Gasteiger partial charge on any atom is 0.337 e. The lowest BCUT2D eigenvalue weighted by Crippen LogP contribution is -2.05. The Bertz CT molecular complexity index is 1320. The molecule has 10 nitrogen and oxygen atoms in total. The first-order valence-electron chi connectivity index (χ1n) is 8.37. The standard InChI is InChI=1S/C19H15N3O7S/c1-10(23)20-12-6-7-13-11(8-12)9-16(30(27,28)29)17(18(13)24)22-21-15-5-3-2-4-14(15)19(25)26/h2-9,24H,1H3,(H,20,23)(H,25,26)(H,27,28,29). The van der Waals surface area contributed by atoms with Gasteiger partial charge in [0.2, 0.25) is 5.91 Å². The number of anilines is 1. The molecule has 0 unspecified atom stereocenters. The van der Waals surface area contributed by atoms with Crippen LogP contribution in [-0.4, -0.2) is 35.1 Å². The highest BCUT2D eigenvalue weighted by molar-refractivity contribution is 7.86. The smallest absolute Gasteiger partial charge is 0.337 e. The predicted molar refractivity (Wildman–Crippen MR) is 107 cm³/mol. The summed E-state index contributed by atoms with van der Waals surface area (Å²) in [6.07, 6.45) is 0. The lowest BCUT2D eigenvalue weighted by Gasteiger charge is -2.10. The zero-order valence-electron chi connectivity index (χ0n) is 15.4. The van der Waals surface area contributed by atoms with Gasteiger partial charge in [-0.15, -0.1) is 10.2 Å². The van der Waals surface area contributed by atoms with Crippen LogP contribution in [0.25, 0.3) is 10.8 Å². The third-order valence-corrected chi connectivity index (χ3v) is 4.91. The molecule has 0 aliphatic heterocycles. The summed E-state index contributed by atoms with van der Waals surface area (Å²) in [7, 11) is -4.83. The van der Waals surface area contributed by atoms with E-state index in [0.717, 1.165) is 6.07 Å². The van der Waals surface area contributed by atoms with E-state index in [9.17, 15) is 32.8 Å². The number of amides is 1. The van der Waals surface area contributed by atoms with Gasteiger partial charge in [-0.25, -0.2) is 4.79 Å². The van der Waals surface area contributed by atoms with Gasteiger partial charge in [-0.1, -0.05) is 12.1 Å². The van der Waals surface area contributed by atoms with Crippen molar-refractivity contribution in [2.45, 2.75) is 11.8 Å². The molecule has 0 bridgehead atoms.